The van der Waals surface area contributed by atoms with Crippen molar-refractivity contribution in [3.63, 3.8) is 0 Å². The Morgan fingerprint density at radius 2 is 1.80 bits per heavy atom. The summed E-state index contributed by atoms with van der Waals surface area (Å²) in [6, 6.07) is 7.41. The molecule has 1 aromatic heterocycles. The third-order valence-electron chi connectivity index (χ3n) is 7.89. The molecule has 0 saturated carbocycles. The molecule has 3 saturated heterocycles. The average Bonchev–Trinajstić information content (AvgIpc) is 2.94. The highest BCUT2D eigenvalue weighted by molar-refractivity contribution is 7.84. The van der Waals surface area contributed by atoms with Gasteiger partial charge in [0.25, 0.3) is 0 Å². The van der Waals surface area contributed by atoms with Gasteiger partial charge in [-0.25, -0.2) is 8.93 Å². The van der Waals surface area contributed by atoms with Crippen LogP contribution in [-0.2, 0) is 23.5 Å². The summed E-state index contributed by atoms with van der Waals surface area (Å²) in [7, 11) is 1.53. The van der Waals surface area contributed by atoms with Crippen molar-refractivity contribution in [2.45, 2.75) is 37.3 Å². The van der Waals surface area contributed by atoms with Crippen LogP contribution in [0.2, 0.25) is 0 Å². The first-order valence-corrected chi connectivity index (χ1v) is 14.1. The molecule has 0 amide bonds. The SMILES string of the molecule is C=CC1CN2CCC1CC2[C@@H](NS(=O)Nc1cc(C(F)(F)F)cc(C(F)(F)F)c1)c1ccnc2ccc(OC)cc12. The Morgan fingerprint density at radius 1 is 1.10 bits per heavy atom. The number of nitrogens with one attached hydrogen (secondary N) is 2. The van der Waals surface area contributed by atoms with Crippen LogP contribution in [0.3, 0.4) is 0 Å². The number of methoxy groups -OCH3 is 1. The Hall–Kier alpha value is -3.16. The number of benzene rings is 2. The van der Waals surface area contributed by atoms with E-state index < -0.39 is 46.4 Å². The number of hydrogen-bond acceptors (Lipinski definition) is 4. The number of halogens is 6. The fourth-order valence-corrected chi connectivity index (χ4v) is 6.79. The molecule has 5 unspecified atom stereocenters. The normalized spacial score (nSPS) is 24.2. The van der Waals surface area contributed by atoms with Crippen LogP contribution >= 0.6 is 0 Å². The van der Waals surface area contributed by atoms with Gasteiger partial charge < -0.3 is 4.74 Å². The lowest BCUT2D eigenvalue weighted by Gasteiger charge is -2.51. The van der Waals surface area contributed by atoms with Crippen LogP contribution in [0.5, 0.6) is 5.75 Å². The van der Waals surface area contributed by atoms with E-state index in [1.54, 1.807) is 30.5 Å². The molecule has 3 aromatic rings. The van der Waals surface area contributed by atoms with Crippen LogP contribution in [0.4, 0.5) is 32.0 Å². The van der Waals surface area contributed by atoms with Gasteiger partial charge in [0.15, 0.2) is 11.2 Å². The molecular formula is C28H28F6N4O2S. The Kier molecular flexibility index (Phi) is 8.05. The standard InChI is InChI=1S/C28H28F6N4O2S/c1-3-16-15-38-9-7-17(16)10-25(38)26(22-6-8-35-24-5-4-21(40-2)14-23(22)24)37-41(39)36-20-12-18(27(29,30)31)11-19(13-20)28(32,33)34/h3-6,8,11-14,16-17,25-26,36-37H,1,7,9-10,15H2,2H3/t16?,17?,25?,26-,41?/m0/s1. The van der Waals surface area contributed by atoms with Crippen LogP contribution in [0.25, 0.3) is 10.9 Å². The lowest BCUT2D eigenvalue weighted by molar-refractivity contribution is -0.143. The van der Waals surface area contributed by atoms with Crippen molar-refractivity contribution in [2.75, 3.05) is 24.9 Å². The van der Waals surface area contributed by atoms with E-state index in [4.69, 9.17) is 4.74 Å². The van der Waals surface area contributed by atoms with Crippen LogP contribution in [0, 0.1) is 11.8 Å². The van der Waals surface area contributed by atoms with Gasteiger partial charge in [-0.15, -0.1) is 6.58 Å². The van der Waals surface area contributed by atoms with Gasteiger partial charge in [0.1, 0.15) is 5.75 Å². The van der Waals surface area contributed by atoms with Gasteiger partial charge in [0.2, 0.25) is 0 Å². The second kappa shape index (κ2) is 11.3. The molecule has 6 atom stereocenters. The van der Waals surface area contributed by atoms with E-state index >= 15 is 0 Å². The molecule has 2 bridgehead atoms. The van der Waals surface area contributed by atoms with Crippen molar-refractivity contribution in [3.8, 4) is 5.75 Å². The first-order valence-electron chi connectivity index (χ1n) is 12.9. The Bertz CT molecular complexity index is 1430. The number of pyridine rings is 1. The molecule has 3 fully saturated rings. The maximum atomic E-state index is 13.4. The van der Waals surface area contributed by atoms with Gasteiger partial charge in [-0.1, -0.05) is 6.08 Å². The number of fused-ring (bicyclic) bond motifs is 4. The molecule has 2 N–H and O–H groups in total. The van der Waals surface area contributed by atoms with Crippen LogP contribution in [0.15, 0.2) is 61.3 Å². The molecule has 6 rings (SSSR count). The number of rotatable bonds is 8. The van der Waals surface area contributed by atoms with E-state index in [2.05, 4.69) is 25.9 Å². The summed E-state index contributed by atoms with van der Waals surface area (Å²) in [5, 5.41) is 0.725. The van der Waals surface area contributed by atoms with E-state index in [-0.39, 0.29) is 12.1 Å². The van der Waals surface area contributed by atoms with E-state index in [1.807, 2.05) is 6.08 Å². The summed E-state index contributed by atoms with van der Waals surface area (Å²) in [6.45, 7) is 5.49. The third-order valence-corrected chi connectivity index (χ3v) is 8.78. The number of nitrogens with zero attached hydrogens (tertiary/aromatic N) is 2. The van der Waals surface area contributed by atoms with E-state index in [0.29, 0.717) is 35.2 Å². The van der Waals surface area contributed by atoms with Gasteiger partial charge >= 0.3 is 12.4 Å². The lowest BCUT2D eigenvalue weighted by atomic mass is 9.73. The quantitative estimate of drug-likeness (QED) is 0.230. The van der Waals surface area contributed by atoms with Gasteiger partial charge in [-0.2, -0.15) is 26.3 Å². The number of piperidine rings is 3. The minimum absolute atomic E-state index is 0.0306. The van der Waals surface area contributed by atoms with Crippen LogP contribution in [0.1, 0.15) is 35.6 Å². The summed E-state index contributed by atoms with van der Waals surface area (Å²) >= 11 is -2.27. The Labute approximate surface area is 235 Å². The van der Waals surface area contributed by atoms with Gasteiger partial charge in [-0.05, 0) is 79.3 Å². The fourth-order valence-electron chi connectivity index (χ4n) is 5.88. The Morgan fingerprint density at radius 3 is 2.39 bits per heavy atom. The van der Waals surface area contributed by atoms with Crippen LogP contribution < -0.4 is 14.2 Å². The van der Waals surface area contributed by atoms with Crippen molar-refractivity contribution < 1.29 is 35.3 Å². The Balaban J connectivity index is 1.51. The fraction of sp³-hybridized carbons (Fsp3) is 0.393. The molecule has 220 valence electrons. The number of alkyl halides is 6. The number of aromatic nitrogens is 1. The van der Waals surface area contributed by atoms with Gasteiger partial charge in [0.05, 0.1) is 29.8 Å². The number of anilines is 1. The maximum absolute atomic E-state index is 13.4. The summed E-state index contributed by atoms with van der Waals surface area (Å²) in [5.74, 6) is 1.21. The lowest BCUT2D eigenvalue weighted by Crippen LogP contribution is -2.57. The third kappa shape index (κ3) is 6.21. The molecule has 4 heterocycles. The molecule has 6 nitrogen and oxygen atoms in total. The summed E-state index contributed by atoms with van der Waals surface area (Å²) < 4.78 is 104. The van der Waals surface area contributed by atoms with Crippen LogP contribution in [-0.4, -0.2) is 40.3 Å². The van der Waals surface area contributed by atoms with Gasteiger partial charge in [-0.3, -0.25) is 14.6 Å². The molecule has 0 spiro atoms. The average molecular weight is 599 g/mol. The first-order chi connectivity index (χ1) is 19.4. The van der Waals surface area contributed by atoms with Crippen molar-refractivity contribution in [2.24, 2.45) is 11.8 Å². The van der Waals surface area contributed by atoms with E-state index in [0.717, 1.165) is 36.9 Å². The second-order valence-electron chi connectivity index (χ2n) is 10.3. The highest BCUT2D eigenvalue weighted by Crippen LogP contribution is 2.43. The highest BCUT2D eigenvalue weighted by atomic mass is 32.2. The molecule has 0 radical (unpaired) electrons. The van der Waals surface area contributed by atoms with Crippen molar-refractivity contribution >= 4 is 27.8 Å². The van der Waals surface area contributed by atoms with Crippen molar-refractivity contribution in [1.82, 2.24) is 14.6 Å². The number of hydrogen-bond donors (Lipinski definition) is 2. The largest absolute Gasteiger partial charge is 0.497 e. The monoisotopic (exact) mass is 598 g/mol. The smallest absolute Gasteiger partial charge is 0.416 e. The van der Waals surface area contributed by atoms with Crippen molar-refractivity contribution in [3.05, 3.63) is 78.0 Å². The minimum Gasteiger partial charge on any atom is -0.497 e. The van der Waals surface area contributed by atoms with E-state index in [9.17, 15) is 30.6 Å². The zero-order valence-corrected chi connectivity index (χ0v) is 22.7. The first kappa shape index (κ1) is 29.3. The summed E-state index contributed by atoms with van der Waals surface area (Å²) in [4.78, 5) is 6.68. The zero-order chi connectivity index (χ0) is 29.5. The molecule has 3 aliphatic rings. The van der Waals surface area contributed by atoms with Gasteiger partial charge in [0, 0.05) is 29.9 Å². The second-order valence-corrected chi connectivity index (χ2v) is 11.3. The predicted molar refractivity (Wildman–Crippen MR) is 144 cm³/mol. The summed E-state index contributed by atoms with van der Waals surface area (Å²) in [5.41, 5.74) is -2.18. The maximum Gasteiger partial charge on any atom is 0.416 e. The topological polar surface area (TPSA) is 66.5 Å². The highest BCUT2D eigenvalue weighted by Gasteiger charge is 2.43. The molecule has 41 heavy (non-hydrogen) atoms. The predicted octanol–water partition coefficient (Wildman–Crippen LogP) is 6.50. The minimum atomic E-state index is -5.03. The molecule has 13 heteroatoms. The van der Waals surface area contributed by atoms with Crippen molar-refractivity contribution in [1.29, 1.82) is 0 Å². The molecular weight excluding hydrogens is 570 g/mol. The van der Waals surface area contributed by atoms with E-state index in [1.165, 1.54) is 7.11 Å². The molecule has 0 aliphatic carbocycles. The molecule has 3 aliphatic heterocycles. The number of ether oxygens (including phenoxy) is 1. The summed E-state index contributed by atoms with van der Waals surface area (Å²) in [6.07, 6.45) is -4.80. The zero-order valence-electron chi connectivity index (χ0n) is 21.9. The molecule has 2 aromatic carbocycles.